The third-order valence-corrected chi connectivity index (χ3v) is 2.77. The molecule has 92 valence electrons. The number of hydrogen-bond acceptors (Lipinski definition) is 6. The smallest absolute Gasteiger partial charge is 0.545 e. The van der Waals surface area contributed by atoms with Gasteiger partial charge in [0, 0.05) is 11.3 Å². The third kappa shape index (κ3) is 3.43. The van der Waals surface area contributed by atoms with E-state index in [0.29, 0.717) is 12.1 Å². The van der Waals surface area contributed by atoms with Crippen LogP contribution in [0.25, 0.3) is 0 Å². The van der Waals surface area contributed by atoms with Gasteiger partial charge in [0.25, 0.3) is 10.1 Å². The zero-order valence-corrected chi connectivity index (χ0v) is 11.9. The molecule has 1 aromatic rings. The Morgan fingerprint density at radius 1 is 1.22 bits per heavy atom. The second-order valence-corrected chi connectivity index (χ2v) is 4.39. The van der Waals surface area contributed by atoms with Crippen molar-refractivity contribution in [2.24, 2.45) is 0 Å². The maximum Gasteiger partial charge on any atom is 1.00 e. The van der Waals surface area contributed by atoms with Gasteiger partial charge in [0.15, 0.2) is 0 Å². The Morgan fingerprint density at radius 2 is 1.72 bits per heavy atom. The molecule has 0 heterocycles. The topological polar surface area (TPSA) is 158 Å². The maximum absolute atomic E-state index is 10.9. The molecule has 0 aliphatic heterocycles. The zero-order valence-electron chi connectivity index (χ0n) is 9.08. The average Bonchev–Trinajstić information content (AvgIpc) is 2.14. The SMILES string of the molecule is Nc1cc(C(=O)[O-])c(S(=O)(=O)O)cc1C(=O)O.[Na+]. The zero-order chi connectivity index (χ0) is 13.4. The molecule has 0 unspecified atom stereocenters. The molecule has 0 aromatic heterocycles. The molecule has 10 heteroatoms. The summed E-state index contributed by atoms with van der Waals surface area (Å²) >= 11 is 0. The van der Waals surface area contributed by atoms with Crippen LogP contribution in [0.1, 0.15) is 20.7 Å². The van der Waals surface area contributed by atoms with Crippen LogP contribution in [0.2, 0.25) is 0 Å². The van der Waals surface area contributed by atoms with Gasteiger partial charge in [-0.2, -0.15) is 8.42 Å². The Balaban J connectivity index is 0.00000289. The molecule has 0 radical (unpaired) electrons. The van der Waals surface area contributed by atoms with E-state index in [4.69, 9.17) is 15.4 Å². The number of nitrogen functional groups attached to an aromatic ring is 1. The summed E-state index contributed by atoms with van der Waals surface area (Å²) in [4.78, 5) is 20.2. The minimum Gasteiger partial charge on any atom is -0.545 e. The van der Waals surface area contributed by atoms with Gasteiger partial charge in [-0.05, 0) is 12.1 Å². The van der Waals surface area contributed by atoms with Crippen LogP contribution in [0.5, 0.6) is 0 Å². The molecule has 0 aliphatic rings. The van der Waals surface area contributed by atoms with Gasteiger partial charge in [-0.15, -0.1) is 0 Å². The van der Waals surface area contributed by atoms with E-state index in [9.17, 15) is 23.1 Å². The van der Waals surface area contributed by atoms with E-state index in [2.05, 4.69) is 0 Å². The molecule has 0 spiro atoms. The molecule has 1 rings (SSSR count). The summed E-state index contributed by atoms with van der Waals surface area (Å²) in [5.41, 5.74) is 3.23. The molecule has 18 heavy (non-hydrogen) atoms. The van der Waals surface area contributed by atoms with Crippen LogP contribution < -0.4 is 40.4 Å². The van der Waals surface area contributed by atoms with Crippen molar-refractivity contribution < 1.29 is 62.3 Å². The van der Waals surface area contributed by atoms with Crippen LogP contribution in [0.3, 0.4) is 0 Å². The molecular weight excluding hydrogens is 277 g/mol. The van der Waals surface area contributed by atoms with Crippen molar-refractivity contribution in [1.29, 1.82) is 0 Å². The first-order valence-electron chi connectivity index (χ1n) is 4.00. The fourth-order valence-corrected chi connectivity index (χ4v) is 1.84. The Kier molecular flexibility index (Phi) is 5.32. The number of carbonyl (C=O) groups excluding carboxylic acids is 1. The molecule has 0 atom stereocenters. The summed E-state index contributed by atoms with van der Waals surface area (Å²) in [6.07, 6.45) is 0. The van der Waals surface area contributed by atoms with Gasteiger partial charge in [-0.1, -0.05) is 0 Å². The summed E-state index contributed by atoms with van der Waals surface area (Å²) in [5.74, 6) is -3.46. The molecule has 0 amide bonds. The first-order valence-corrected chi connectivity index (χ1v) is 5.44. The van der Waals surface area contributed by atoms with Crippen LogP contribution in [0.4, 0.5) is 5.69 Å². The summed E-state index contributed by atoms with van der Waals surface area (Å²) in [6, 6.07) is 1.06. The van der Waals surface area contributed by atoms with Gasteiger partial charge in [0.2, 0.25) is 0 Å². The summed E-state index contributed by atoms with van der Waals surface area (Å²) in [5, 5.41) is 19.3. The fourth-order valence-electron chi connectivity index (χ4n) is 1.15. The van der Waals surface area contributed by atoms with E-state index in [1.54, 1.807) is 0 Å². The van der Waals surface area contributed by atoms with Gasteiger partial charge in [-0.3, -0.25) is 4.55 Å². The van der Waals surface area contributed by atoms with Crippen molar-refractivity contribution in [3.05, 3.63) is 23.3 Å². The average molecular weight is 283 g/mol. The molecular formula is C8H6NNaO7S. The Morgan fingerprint density at radius 3 is 2.06 bits per heavy atom. The summed E-state index contributed by atoms with van der Waals surface area (Å²) in [7, 11) is -4.89. The van der Waals surface area contributed by atoms with Crippen LogP contribution in [-0.2, 0) is 10.1 Å². The monoisotopic (exact) mass is 283 g/mol. The minimum atomic E-state index is -4.89. The van der Waals surface area contributed by atoms with Crippen LogP contribution in [-0.4, -0.2) is 30.0 Å². The number of carboxylic acid groups (broad SMARTS) is 2. The molecule has 0 aliphatic carbocycles. The van der Waals surface area contributed by atoms with Crippen LogP contribution in [0, 0.1) is 0 Å². The predicted octanol–water partition coefficient (Wildman–Crippen LogP) is -4.42. The van der Waals surface area contributed by atoms with Crippen LogP contribution >= 0.6 is 0 Å². The van der Waals surface area contributed by atoms with Gasteiger partial charge < -0.3 is 20.7 Å². The number of carboxylic acids is 2. The number of hydrogen-bond donors (Lipinski definition) is 3. The number of carbonyl (C=O) groups is 2. The van der Waals surface area contributed by atoms with E-state index < -0.39 is 43.8 Å². The first kappa shape index (κ1) is 16.9. The van der Waals surface area contributed by atoms with Crippen molar-refractivity contribution in [2.75, 3.05) is 5.73 Å². The summed E-state index contributed by atoms with van der Waals surface area (Å²) in [6.45, 7) is 0. The normalized spacial score (nSPS) is 10.5. The second-order valence-electron chi connectivity index (χ2n) is 3.00. The van der Waals surface area contributed by atoms with Crippen LogP contribution in [0.15, 0.2) is 17.0 Å². The molecule has 1 aromatic carbocycles. The molecule has 0 saturated carbocycles. The van der Waals surface area contributed by atoms with E-state index in [0.717, 1.165) is 0 Å². The van der Waals surface area contributed by atoms with Crippen molar-refractivity contribution in [3.63, 3.8) is 0 Å². The maximum atomic E-state index is 10.9. The quantitative estimate of drug-likeness (QED) is 0.285. The molecule has 0 saturated heterocycles. The van der Waals surface area contributed by atoms with Crippen molar-refractivity contribution >= 4 is 27.7 Å². The minimum absolute atomic E-state index is 0. The molecule has 4 N–H and O–H groups in total. The molecule has 0 bridgehead atoms. The van der Waals surface area contributed by atoms with Crippen molar-refractivity contribution in [1.82, 2.24) is 0 Å². The molecule has 0 fully saturated rings. The van der Waals surface area contributed by atoms with Crippen molar-refractivity contribution in [2.45, 2.75) is 4.90 Å². The number of benzene rings is 1. The first-order chi connectivity index (χ1) is 7.64. The fraction of sp³-hybridized carbons (Fsp3) is 0. The number of rotatable bonds is 3. The van der Waals surface area contributed by atoms with Crippen molar-refractivity contribution in [3.8, 4) is 0 Å². The number of aromatic carboxylic acids is 2. The van der Waals surface area contributed by atoms with E-state index in [-0.39, 0.29) is 29.6 Å². The van der Waals surface area contributed by atoms with Gasteiger partial charge in [-0.25, -0.2) is 4.79 Å². The Hall–Kier alpha value is -1.13. The van der Waals surface area contributed by atoms with Gasteiger partial charge >= 0.3 is 35.5 Å². The Labute approximate surface area is 123 Å². The van der Waals surface area contributed by atoms with E-state index in [1.165, 1.54) is 0 Å². The summed E-state index contributed by atoms with van der Waals surface area (Å²) < 4.78 is 30.5. The van der Waals surface area contributed by atoms with E-state index >= 15 is 0 Å². The number of anilines is 1. The standard InChI is InChI=1S/C8H7NO7S.Na/c9-5-1-4(8(12)13)6(17(14,15)16)2-3(5)7(10)11;/h1-2H,9H2,(H,10,11)(H,12,13)(H,14,15,16);/q;+1/p-1. The van der Waals surface area contributed by atoms with Gasteiger partial charge in [0.1, 0.15) is 4.90 Å². The van der Waals surface area contributed by atoms with Gasteiger partial charge in [0.05, 0.1) is 11.5 Å². The molecule has 8 nitrogen and oxygen atoms in total. The second kappa shape index (κ2) is 5.67. The third-order valence-electron chi connectivity index (χ3n) is 1.88. The number of nitrogens with two attached hydrogens (primary N) is 1. The predicted molar refractivity (Wildman–Crippen MR) is 52.0 cm³/mol. The largest absolute Gasteiger partial charge is 1.00 e. The van der Waals surface area contributed by atoms with E-state index in [1.807, 2.05) is 0 Å². The Bertz CT molecular complexity index is 610.